The first-order chi connectivity index (χ1) is 13.9. The molecule has 1 aliphatic heterocycles. The summed E-state index contributed by atoms with van der Waals surface area (Å²) in [6.07, 6.45) is 1.92. The van der Waals surface area contributed by atoms with Crippen LogP contribution in [0.4, 0.5) is 18.9 Å². The molecule has 4 rings (SSSR count). The molecule has 2 heterocycles. The number of anilines is 1. The van der Waals surface area contributed by atoms with E-state index in [4.69, 9.17) is 0 Å². The molecule has 0 aliphatic carbocycles. The molecular formula is C20H18F3N3O2S. The lowest BCUT2D eigenvalue weighted by atomic mass is 10.1. The third kappa shape index (κ3) is 3.67. The maximum absolute atomic E-state index is 14.4. The Morgan fingerprint density at radius 2 is 1.55 bits per heavy atom. The summed E-state index contributed by atoms with van der Waals surface area (Å²) in [4.78, 5) is 5.81. The van der Waals surface area contributed by atoms with Gasteiger partial charge in [-0.05, 0) is 48.9 Å². The lowest BCUT2D eigenvalue weighted by Gasteiger charge is -2.25. The van der Waals surface area contributed by atoms with Crippen LogP contribution in [0, 0.1) is 17.5 Å². The molecule has 0 amide bonds. The van der Waals surface area contributed by atoms with Crippen molar-refractivity contribution in [1.82, 2.24) is 9.29 Å². The standard InChI is InChI=1S/C20H18F3N3O2S/c21-14-2-4-15(5-3-14)29(27,28)26-11-1-10-25(12-13-26)18-8-9-24-20-17(23)7-6-16(22)19(18)20/h2-9H,1,10-13H2. The Labute approximate surface area is 166 Å². The van der Waals surface area contributed by atoms with E-state index in [9.17, 15) is 21.6 Å². The van der Waals surface area contributed by atoms with Gasteiger partial charge in [0.2, 0.25) is 10.0 Å². The van der Waals surface area contributed by atoms with Crippen LogP contribution in [-0.4, -0.2) is 43.9 Å². The highest BCUT2D eigenvalue weighted by atomic mass is 32.2. The fourth-order valence-electron chi connectivity index (χ4n) is 3.57. The number of halogens is 3. The second-order valence-corrected chi connectivity index (χ2v) is 8.72. The molecule has 0 saturated carbocycles. The highest BCUT2D eigenvalue weighted by Crippen LogP contribution is 2.30. The number of aromatic nitrogens is 1. The van der Waals surface area contributed by atoms with E-state index in [2.05, 4.69) is 4.98 Å². The molecule has 3 aromatic rings. The van der Waals surface area contributed by atoms with Crippen molar-refractivity contribution in [2.75, 3.05) is 31.1 Å². The summed E-state index contributed by atoms with van der Waals surface area (Å²) in [6, 6.07) is 8.40. The second-order valence-electron chi connectivity index (χ2n) is 6.78. The van der Waals surface area contributed by atoms with E-state index in [1.807, 2.05) is 4.90 Å². The Bertz CT molecular complexity index is 1150. The van der Waals surface area contributed by atoms with Gasteiger partial charge < -0.3 is 4.90 Å². The molecule has 0 bridgehead atoms. The minimum Gasteiger partial charge on any atom is -0.369 e. The Morgan fingerprint density at radius 1 is 0.828 bits per heavy atom. The quantitative estimate of drug-likeness (QED) is 0.649. The van der Waals surface area contributed by atoms with Gasteiger partial charge in [0, 0.05) is 32.4 Å². The average Bonchev–Trinajstić information content (AvgIpc) is 2.97. The third-order valence-corrected chi connectivity index (χ3v) is 6.93. The highest BCUT2D eigenvalue weighted by molar-refractivity contribution is 7.89. The zero-order valence-corrected chi connectivity index (χ0v) is 16.2. The van der Waals surface area contributed by atoms with Gasteiger partial charge in [-0.2, -0.15) is 4.31 Å². The predicted molar refractivity (Wildman–Crippen MR) is 104 cm³/mol. The van der Waals surface area contributed by atoms with Gasteiger partial charge in [0.05, 0.1) is 16.0 Å². The summed E-state index contributed by atoms with van der Waals surface area (Å²) in [5.41, 5.74) is 0.426. The molecule has 1 aliphatic rings. The van der Waals surface area contributed by atoms with Crippen LogP contribution in [0.3, 0.4) is 0 Å². The van der Waals surface area contributed by atoms with Gasteiger partial charge in [-0.1, -0.05) is 0 Å². The second kappa shape index (κ2) is 7.64. The zero-order valence-electron chi connectivity index (χ0n) is 15.4. The van der Waals surface area contributed by atoms with Crippen molar-refractivity contribution >= 4 is 26.6 Å². The van der Waals surface area contributed by atoms with E-state index in [0.717, 1.165) is 24.3 Å². The minimum absolute atomic E-state index is 0.0230. The molecule has 1 saturated heterocycles. The van der Waals surface area contributed by atoms with Crippen molar-refractivity contribution < 1.29 is 21.6 Å². The van der Waals surface area contributed by atoms with Crippen molar-refractivity contribution in [3.8, 4) is 0 Å². The largest absolute Gasteiger partial charge is 0.369 e. The monoisotopic (exact) mass is 421 g/mol. The van der Waals surface area contributed by atoms with Gasteiger partial charge in [-0.25, -0.2) is 21.6 Å². The number of hydrogen-bond donors (Lipinski definition) is 0. The van der Waals surface area contributed by atoms with E-state index in [1.165, 1.54) is 22.6 Å². The summed E-state index contributed by atoms with van der Waals surface area (Å²) in [5.74, 6) is -1.70. The predicted octanol–water partition coefficient (Wildman–Crippen LogP) is 3.55. The highest BCUT2D eigenvalue weighted by Gasteiger charge is 2.28. The lowest BCUT2D eigenvalue weighted by Crippen LogP contribution is -2.35. The molecule has 2 aromatic carbocycles. The van der Waals surface area contributed by atoms with Gasteiger partial charge in [0.25, 0.3) is 0 Å². The number of fused-ring (bicyclic) bond motifs is 1. The molecule has 0 atom stereocenters. The summed E-state index contributed by atoms with van der Waals surface area (Å²) in [7, 11) is -3.77. The topological polar surface area (TPSA) is 53.5 Å². The molecule has 1 fully saturated rings. The molecule has 0 N–H and O–H groups in total. The number of pyridine rings is 1. The molecule has 5 nitrogen and oxygen atoms in total. The molecule has 29 heavy (non-hydrogen) atoms. The first-order valence-electron chi connectivity index (χ1n) is 9.11. The van der Waals surface area contributed by atoms with Crippen LogP contribution in [-0.2, 0) is 10.0 Å². The van der Waals surface area contributed by atoms with Crippen LogP contribution in [0.25, 0.3) is 10.9 Å². The van der Waals surface area contributed by atoms with Crippen LogP contribution >= 0.6 is 0 Å². The molecule has 9 heteroatoms. The summed E-state index contributed by atoms with van der Waals surface area (Å²) < 4.78 is 68.7. The fourth-order valence-corrected chi connectivity index (χ4v) is 5.04. The van der Waals surface area contributed by atoms with Crippen LogP contribution in [0.15, 0.2) is 53.6 Å². The first kappa shape index (κ1) is 19.7. The summed E-state index contributed by atoms with van der Waals surface area (Å²) >= 11 is 0. The summed E-state index contributed by atoms with van der Waals surface area (Å²) in [6.45, 7) is 1.22. The Kier molecular flexibility index (Phi) is 5.18. The van der Waals surface area contributed by atoms with Gasteiger partial charge in [0.15, 0.2) is 0 Å². The molecule has 152 valence electrons. The van der Waals surface area contributed by atoms with E-state index in [-0.39, 0.29) is 28.9 Å². The van der Waals surface area contributed by atoms with Gasteiger partial charge in [0.1, 0.15) is 23.0 Å². The van der Waals surface area contributed by atoms with Crippen LogP contribution in [0.2, 0.25) is 0 Å². The smallest absolute Gasteiger partial charge is 0.243 e. The fraction of sp³-hybridized carbons (Fsp3) is 0.250. The van der Waals surface area contributed by atoms with Gasteiger partial charge in [-0.3, -0.25) is 4.98 Å². The molecular weight excluding hydrogens is 403 g/mol. The van der Waals surface area contributed by atoms with Crippen LogP contribution < -0.4 is 4.90 Å². The maximum Gasteiger partial charge on any atom is 0.243 e. The molecule has 1 aromatic heterocycles. The molecule has 0 spiro atoms. The number of rotatable bonds is 3. The van der Waals surface area contributed by atoms with Crippen LogP contribution in [0.5, 0.6) is 0 Å². The number of sulfonamides is 1. The average molecular weight is 421 g/mol. The SMILES string of the molecule is O=S(=O)(c1ccc(F)cc1)N1CCCN(c2ccnc3c(F)ccc(F)c23)CC1. The lowest BCUT2D eigenvalue weighted by molar-refractivity contribution is 0.433. The third-order valence-electron chi connectivity index (χ3n) is 5.02. The van der Waals surface area contributed by atoms with Gasteiger partial charge >= 0.3 is 0 Å². The van der Waals surface area contributed by atoms with E-state index in [0.29, 0.717) is 25.2 Å². The normalized spacial score (nSPS) is 16.2. The zero-order chi connectivity index (χ0) is 20.6. The molecule has 0 radical (unpaired) electrons. The molecule has 0 unspecified atom stereocenters. The number of benzene rings is 2. The van der Waals surface area contributed by atoms with Crippen molar-refractivity contribution in [3.05, 3.63) is 66.1 Å². The van der Waals surface area contributed by atoms with Crippen molar-refractivity contribution in [2.24, 2.45) is 0 Å². The maximum atomic E-state index is 14.4. The van der Waals surface area contributed by atoms with Crippen molar-refractivity contribution in [1.29, 1.82) is 0 Å². The first-order valence-corrected chi connectivity index (χ1v) is 10.6. The van der Waals surface area contributed by atoms with E-state index >= 15 is 0 Å². The summed E-state index contributed by atoms with van der Waals surface area (Å²) in [5, 5.41) is 0.0855. The number of hydrogen-bond acceptors (Lipinski definition) is 4. The minimum atomic E-state index is -3.77. The number of nitrogens with zero attached hydrogens (tertiary/aromatic N) is 3. The van der Waals surface area contributed by atoms with Crippen molar-refractivity contribution in [3.63, 3.8) is 0 Å². The van der Waals surface area contributed by atoms with E-state index in [1.54, 1.807) is 6.07 Å². The van der Waals surface area contributed by atoms with Crippen molar-refractivity contribution in [2.45, 2.75) is 11.3 Å². The Balaban J connectivity index is 1.63. The van der Waals surface area contributed by atoms with Gasteiger partial charge in [-0.15, -0.1) is 0 Å². The van der Waals surface area contributed by atoms with Crippen LogP contribution in [0.1, 0.15) is 6.42 Å². The Morgan fingerprint density at radius 3 is 2.31 bits per heavy atom. The van der Waals surface area contributed by atoms with E-state index < -0.39 is 27.5 Å². The Hall–Kier alpha value is -2.65.